The molecular weight excluding hydrogens is 398 g/mol. The molecule has 148 valence electrons. The fourth-order valence-corrected chi connectivity index (χ4v) is 4.17. The fourth-order valence-electron chi connectivity index (χ4n) is 3.95. The van der Waals surface area contributed by atoms with Crippen molar-refractivity contribution in [3.8, 4) is 28.6 Å². The van der Waals surface area contributed by atoms with Gasteiger partial charge in [-0.1, -0.05) is 17.7 Å². The van der Waals surface area contributed by atoms with E-state index in [9.17, 15) is 5.26 Å². The van der Waals surface area contributed by atoms with Gasteiger partial charge in [0, 0.05) is 43.3 Å². The van der Waals surface area contributed by atoms with Gasteiger partial charge in [-0.3, -0.25) is 4.98 Å². The molecule has 1 aliphatic rings. The average molecular weight is 416 g/mol. The Balaban J connectivity index is 1.74. The topological polar surface area (TPSA) is 108 Å². The summed E-state index contributed by atoms with van der Waals surface area (Å²) >= 11 is 6.34. The molecule has 1 saturated heterocycles. The quantitative estimate of drug-likeness (QED) is 0.527. The van der Waals surface area contributed by atoms with Crippen molar-refractivity contribution in [1.82, 2.24) is 19.9 Å². The third kappa shape index (κ3) is 3.16. The predicted octanol–water partition coefficient (Wildman–Crippen LogP) is 3.75. The Kier molecular flexibility index (Phi) is 4.58. The molecule has 5 rings (SSSR count). The van der Waals surface area contributed by atoms with E-state index in [4.69, 9.17) is 22.3 Å². The first-order valence-electron chi connectivity index (χ1n) is 9.63. The molecule has 8 heteroatoms. The van der Waals surface area contributed by atoms with Crippen molar-refractivity contribution in [3.05, 3.63) is 59.6 Å². The summed E-state index contributed by atoms with van der Waals surface area (Å²) < 4.78 is 0. The van der Waals surface area contributed by atoms with Crippen LogP contribution < -0.4 is 10.6 Å². The van der Waals surface area contributed by atoms with E-state index in [1.165, 1.54) is 0 Å². The number of nitrogens with one attached hydrogen (secondary N) is 1. The smallest absolute Gasteiger partial charge is 0.142 e. The van der Waals surface area contributed by atoms with Gasteiger partial charge in [0.2, 0.25) is 0 Å². The number of nitriles is 1. The first-order chi connectivity index (χ1) is 14.6. The van der Waals surface area contributed by atoms with Gasteiger partial charge in [-0.15, -0.1) is 0 Å². The van der Waals surface area contributed by atoms with Crippen molar-refractivity contribution in [2.75, 3.05) is 18.0 Å². The molecule has 1 fully saturated rings. The minimum atomic E-state index is 0.107. The zero-order chi connectivity index (χ0) is 20.7. The van der Waals surface area contributed by atoms with E-state index >= 15 is 0 Å². The molecule has 4 heterocycles. The third-order valence-electron chi connectivity index (χ3n) is 5.36. The summed E-state index contributed by atoms with van der Waals surface area (Å²) in [4.78, 5) is 19.0. The Hall–Kier alpha value is -3.47. The standard InChI is InChI=1S/C22H18ClN7/c23-18-2-1-3-19-20(18)29-22(28-19)17-11-26-10-16(13-4-6-27-15(8-13)9-24)21(17)30-7-5-14(25)12-30/h1-4,6,8,10-11,14H,5,7,12,25H2,(H,28,29)/t14-/m0/s1. The van der Waals surface area contributed by atoms with Crippen LogP contribution in [-0.4, -0.2) is 39.1 Å². The zero-order valence-corrected chi connectivity index (χ0v) is 16.8. The maximum atomic E-state index is 9.28. The van der Waals surface area contributed by atoms with Gasteiger partial charge < -0.3 is 15.6 Å². The first kappa shape index (κ1) is 18.6. The number of imidazole rings is 1. The normalized spacial score (nSPS) is 16.2. The highest BCUT2D eigenvalue weighted by molar-refractivity contribution is 6.35. The highest BCUT2D eigenvalue weighted by Gasteiger charge is 2.26. The molecule has 3 aromatic heterocycles. The van der Waals surface area contributed by atoms with Crippen LogP contribution in [0.25, 0.3) is 33.5 Å². The van der Waals surface area contributed by atoms with E-state index in [1.807, 2.05) is 30.5 Å². The lowest BCUT2D eigenvalue weighted by atomic mass is 10.0. The Morgan fingerprint density at radius 2 is 2.10 bits per heavy atom. The van der Waals surface area contributed by atoms with E-state index in [1.54, 1.807) is 18.5 Å². The lowest BCUT2D eigenvalue weighted by Crippen LogP contribution is -2.27. The second-order valence-corrected chi connectivity index (χ2v) is 7.75. The van der Waals surface area contributed by atoms with Crippen LogP contribution >= 0.6 is 11.6 Å². The number of halogens is 1. The minimum absolute atomic E-state index is 0.107. The number of para-hydroxylation sites is 1. The van der Waals surface area contributed by atoms with Gasteiger partial charge >= 0.3 is 0 Å². The van der Waals surface area contributed by atoms with E-state index in [2.05, 4.69) is 25.9 Å². The van der Waals surface area contributed by atoms with E-state index in [0.29, 0.717) is 16.5 Å². The van der Waals surface area contributed by atoms with Crippen molar-refractivity contribution >= 4 is 28.3 Å². The predicted molar refractivity (Wildman–Crippen MR) is 117 cm³/mol. The van der Waals surface area contributed by atoms with E-state index in [-0.39, 0.29) is 6.04 Å². The highest BCUT2D eigenvalue weighted by Crippen LogP contribution is 2.40. The monoisotopic (exact) mass is 415 g/mol. The molecule has 0 unspecified atom stereocenters. The molecule has 3 N–H and O–H groups in total. The third-order valence-corrected chi connectivity index (χ3v) is 5.67. The number of benzene rings is 1. The summed E-state index contributed by atoms with van der Waals surface area (Å²) in [6, 6.07) is 11.5. The van der Waals surface area contributed by atoms with Gasteiger partial charge in [0.1, 0.15) is 23.1 Å². The summed E-state index contributed by atoms with van der Waals surface area (Å²) in [7, 11) is 0. The fraction of sp³-hybridized carbons (Fsp3) is 0.182. The Labute approximate surface area is 178 Å². The van der Waals surface area contributed by atoms with Gasteiger partial charge in [0.05, 0.1) is 21.8 Å². The first-order valence-corrected chi connectivity index (χ1v) is 10.0. The number of hydrogen-bond acceptors (Lipinski definition) is 6. The number of H-pyrrole nitrogens is 1. The molecule has 1 atom stereocenters. The van der Waals surface area contributed by atoms with Crippen LogP contribution in [0.15, 0.2) is 48.9 Å². The van der Waals surface area contributed by atoms with Gasteiger partial charge in [0.15, 0.2) is 0 Å². The number of aromatic nitrogens is 4. The SMILES string of the molecule is N#Cc1cc(-c2cncc(-c3nc4c(Cl)cccc4[nH]3)c2N2CC[C@H](N)C2)ccn1. The van der Waals surface area contributed by atoms with Crippen molar-refractivity contribution in [2.24, 2.45) is 5.73 Å². The van der Waals surface area contributed by atoms with Crippen molar-refractivity contribution in [1.29, 1.82) is 5.26 Å². The van der Waals surface area contributed by atoms with E-state index < -0.39 is 0 Å². The molecule has 0 radical (unpaired) electrons. The number of rotatable bonds is 3. The minimum Gasteiger partial charge on any atom is -0.369 e. The summed E-state index contributed by atoms with van der Waals surface area (Å²) in [6.07, 6.45) is 6.17. The summed E-state index contributed by atoms with van der Waals surface area (Å²) in [5.41, 5.74) is 11.8. The average Bonchev–Trinajstić information content (AvgIpc) is 3.40. The van der Waals surface area contributed by atoms with E-state index in [0.717, 1.165) is 52.9 Å². The molecule has 4 aromatic rings. The number of pyridine rings is 2. The Morgan fingerprint density at radius 3 is 2.87 bits per heavy atom. The molecule has 0 aliphatic carbocycles. The Morgan fingerprint density at radius 1 is 1.23 bits per heavy atom. The maximum absolute atomic E-state index is 9.28. The summed E-state index contributed by atoms with van der Waals surface area (Å²) in [6.45, 7) is 1.57. The molecule has 1 aromatic carbocycles. The molecule has 0 saturated carbocycles. The van der Waals surface area contributed by atoms with Crippen LogP contribution in [0, 0.1) is 11.3 Å². The lowest BCUT2D eigenvalue weighted by Gasteiger charge is -2.24. The second kappa shape index (κ2) is 7.41. The van der Waals surface area contributed by atoms with Gasteiger partial charge in [-0.05, 0) is 36.2 Å². The number of fused-ring (bicyclic) bond motifs is 1. The molecular formula is C22H18ClN7. The number of nitrogens with two attached hydrogens (primary N) is 1. The van der Waals surface area contributed by atoms with Crippen molar-refractivity contribution < 1.29 is 0 Å². The van der Waals surface area contributed by atoms with Gasteiger partial charge in [0.25, 0.3) is 0 Å². The summed E-state index contributed by atoms with van der Waals surface area (Å²) in [5, 5.41) is 9.88. The zero-order valence-electron chi connectivity index (χ0n) is 16.0. The number of anilines is 1. The molecule has 1 aliphatic heterocycles. The Bertz CT molecular complexity index is 1290. The molecule has 0 bridgehead atoms. The second-order valence-electron chi connectivity index (χ2n) is 7.34. The van der Waals surface area contributed by atoms with Gasteiger partial charge in [-0.2, -0.15) is 5.26 Å². The summed E-state index contributed by atoms with van der Waals surface area (Å²) in [5.74, 6) is 0.692. The number of nitrogens with zero attached hydrogens (tertiary/aromatic N) is 5. The van der Waals surface area contributed by atoms with Crippen LogP contribution in [0.3, 0.4) is 0 Å². The molecule has 30 heavy (non-hydrogen) atoms. The van der Waals surface area contributed by atoms with Crippen LogP contribution in [-0.2, 0) is 0 Å². The van der Waals surface area contributed by atoms with Crippen LogP contribution in [0.4, 0.5) is 5.69 Å². The maximum Gasteiger partial charge on any atom is 0.142 e. The molecule has 0 amide bonds. The highest BCUT2D eigenvalue weighted by atomic mass is 35.5. The van der Waals surface area contributed by atoms with Gasteiger partial charge in [-0.25, -0.2) is 9.97 Å². The van der Waals surface area contributed by atoms with Crippen LogP contribution in [0.2, 0.25) is 5.02 Å². The molecule has 7 nitrogen and oxygen atoms in total. The van der Waals surface area contributed by atoms with Crippen LogP contribution in [0.5, 0.6) is 0 Å². The lowest BCUT2D eigenvalue weighted by molar-refractivity contribution is 0.752. The van der Waals surface area contributed by atoms with Crippen molar-refractivity contribution in [3.63, 3.8) is 0 Å². The molecule has 0 spiro atoms. The van der Waals surface area contributed by atoms with Crippen LogP contribution in [0.1, 0.15) is 12.1 Å². The number of hydrogen-bond donors (Lipinski definition) is 2. The largest absolute Gasteiger partial charge is 0.369 e. The van der Waals surface area contributed by atoms with Crippen molar-refractivity contribution in [2.45, 2.75) is 12.5 Å². The number of aromatic amines is 1.